The molecule has 0 saturated heterocycles. The summed E-state index contributed by atoms with van der Waals surface area (Å²) < 4.78 is 13.4. The molecule has 3 atom stereocenters. The highest BCUT2D eigenvalue weighted by molar-refractivity contribution is 5.51. The molecule has 1 saturated carbocycles. The van der Waals surface area contributed by atoms with Gasteiger partial charge in [0.15, 0.2) is 0 Å². The van der Waals surface area contributed by atoms with Crippen LogP contribution < -0.4 is 5.32 Å². The van der Waals surface area contributed by atoms with Crippen molar-refractivity contribution in [1.29, 1.82) is 0 Å². The Labute approximate surface area is 116 Å². The van der Waals surface area contributed by atoms with E-state index < -0.39 is 0 Å². The Bertz CT molecular complexity index is 427. The highest BCUT2D eigenvalue weighted by Gasteiger charge is 2.30. The quantitative estimate of drug-likeness (QED) is 0.808. The number of aryl methyl sites for hydroxylation is 1. The van der Waals surface area contributed by atoms with E-state index in [9.17, 15) is 4.39 Å². The summed E-state index contributed by atoms with van der Waals surface area (Å²) in [5.41, 5.74) is 2.09. The Hall–Kier alpha value is -1.05. The summed E-state index contributed by atoms with van der Waals surface area (Å²) in [5.74, 6) is 1.98. The summed E-state index contributed by atoms with van der Waals surface area (Å²) in [6.07, 6.45) is 3.80. The van der Waals surface area contributed by atoms with Crippen molar-refractivity contribution in [3.8, 4) is 0 Å². The molecule has 19 heavy (non-hydrogen) atoms. The molecule has 0 bridgehead atoms. The Balaban J connectivity index is 2.16. The Morgan fingerprint density at radius 2 is 2.00 bits per heavy atom. The number of hydrogen-bond donors (Lipinski definition) is 1. The molecule has 3 unspecified atom stereocenters. The maximum atomic E-state index is 13.4. The van der Waals surface area contributed by atoms with Crippen LogP contribution in [0.5, 0.6) is 0 Å². The van der Waals surface area contributed by atoms with Gasteiger partial charge in [0.2, 0.25) is 0 Å². The zero-order valence-electron chi connectivity index (χ0n) is 12.5. The first kappa shape index (κ1) is 14.4. The average Bonchev–Trinajstić information content (AvgIpc) is 2.33. The maximum absolute atomic E-state index is 13.4. The second-order valence-electron chi connectivity index (χ2n) is 6.54. The Kier molecular flexibility index (Phi) is 4.49. The second kappa shape index (κ2) is 5.94. The molecule has 1 aliphatic carbocycles. The molecule has 1 nitrogen and oxygen atoms in total. The van der Waals surface area contributed by atoms with Crippen molar-refractivity contribution in [2.45, 2.75) is 53.0 Å². The van der Waals surface area contributed by atoms with E-state index >= 15 is 0 Å². The van der Waals surface area contributed by atoms with E-state index in [0.717, 1.165) is 17.2 Å². The smallest absolute Gasteiger partial charge is 0.125 e. The number of benzene rings is 1. The minimum atomic E-state index is -0.155. The third-order valence-corrected chi connectivity index (χ3v) is 4.56. The van der Waals surface area contributed by atoms with Crippen LogP contribution >= 0.6 is 0 Å². The summed E-state index contributed by atoms with van der Waals surface area (Å²) in [6.45, 7) is 8.96. The fraction of sp³-hybridized carbons (Fsp3) is 0.647. The van der Waals surface area contributed by atoms with Gasteiger partial charge in [-0.3, -0.25) is 0 Å². The lowest BCUT2D eigenvalue weighted by molar-refractivity contribution is 0.212. The minimum Gasteiger partial charge on any atom is -0.382 e. The summed E-state index contributed by atoms with van der Waals surface area (Å²) >= 11 is 0. The highest BCUT2D eigenvalue weighted by atomic mass is 19.1. The molecular weight excluding hydrogens is 237 g/mol. The van der Waals surface area contributed by atoms with Crippen LogP contribution in [0.4, 0.5) is 10.1 Å². The van der Waals surface area contributed by atoms with Gasteiger partial charge in [-0.05, 0) is 55.2 Å². The molecular formula is C17H26FN. The summed E-state index contributed by atoms with van der Waals surface area (Å²) in [5, 5.41) is 3.61. The standard InChI is InChI=1S/C17H26FN/c1-11(2)15-8-5-12(3)9-17(15)19-16-10-14(18)7-6-13(16)4/h6-7,10-12,15,17,19H,5,8-9H2,1-4H3. The number of rotatable bonds is 3. The first-order valence-corrected chi connectivity index (χ1v) is 7.50. The fourth-order valence-electron chi connectivity index (χ4n) is 3.32. The third kappa shape index (κ3) is 3.49. The number of anilines is 1. The van der Waals surface area contributed by atoms with Crippen LogP contribution in [0, 0.1) is 30.5 Å². The summed E-state index contributed by atoms with van der Waals surface area (Å²) in [6, 6.07) is 5.49. The molecule has 0 spiro atoms. The Morgan fingerprint density at radius 3 is 2.68 bits per heavy atom. The molecule has 1 aromatic rings. The van der Waals surface area contributed by atoms with E-state index in [0.29, 0.717) is 17.9 Å². The van der Waals surface area contributed by atoms with Gasteiger partial charge in [-0.2, -0.15) is 0 Å². The van der Waals surface area contributed by atoms with Crippen molar-refractivity contribution in [2.75, 3.05) is 5.32 Å². The van der Waals surface area contributed by atoms with Gasteiger partial charge in [-0.15, -0.1) is 0 Å². The molecule has 1 fully saturated rings. The Morgan fingerprint density at radius 1 is 1.26 bits per heavy atom. The van der Waals surface area contributed by atoms with Crippen LogP contribution in [-0.2, 0) is 0 Å². The van der Waals surface area contributed by atoms with Gasteiger partial charge < -0.3 is 5.32 Å². The highest BCUT2D eigenvalue weighted by Crippen LogP contribution is 2.35. The van der Waals surface area contributed by atoms with Crippen LogP contribution in [0.1, 0.15) is 45.6 Å². The molecule has 0 radical (unpaired) electrons. The van der Waals surface area contributed by atoms with Crippen molar-refractivity contribution in [1.82, 2.24) is 0 Å². The average molecular weight is 263 g/mol. The molecule has 0 amide bonds. The van der Waals surface area contributed by atoms with Crippen molar-refractivity contribution >= 4 is 5.69 Å². The fourth-order valence-corrected chi connectivity index (χ4v) is 3.32. The van der Waals surface area contributed by atoms with Gasteiger partial charge in [0.25, 0.3) is 0 Å². The van der Waals surface area contributed by atoms with Crippen molar-refractivity contribution in [2.24, 2.45) is 17.8 Å². The van der Waals surface area contributed by atoms with E-state index in [2.05, 4.69) is 26.1 Å². The van der Waals surface area contributed by atoms with Gasteiger partial charge in [0.05, 0.1) is 0 Å². The van der Waals surface area contributed by atoms with E-state index in [1.54, 1.807) is 6.07 Å². The monoisotopic (exact) mass is 263 g/mol. The van der Waals surface area contributed by atoms with Gasteiger partial charge in [-0.1, -0.05) is 33.3 Å². The molecule has 0 aromatic heterocycles. The molecule has 1 aliphatic rings. The van der Waals surface area contributed by atoms with E-state index in [-0.39, 0.29) is 5.82 Å². The summed E-state index contributed by atoms with van der Waals surface area (Å²) in [7, 11) is 0. The van der Waals surface area contributed by atoms with Gasteiger partial charge in [0.1, 0.15) is 5.82 Å². The molecule has 2 rings (SSSR count). The van der Waals surface area contributed by atoms with Gasteiger partial charge in [0, 0.05) is 11.7 Å². The van der Waals surface area contributed by atoms with Crippen LogP contribution in [0.25, 0.3) is 0 Å². The van der Waals surface area contributed by atoms with Gasteiger partial charge >= 0.3 is 0 Å². The van der Waals surface area contributed by atoms with Crippen molar-refractivity contribution in [3.63, 3.8) is 0 Å². The predicted molar refractivity (Wildman–Crippen MR) is 79.9 cm³/mol. The van der Waals surface area contributed by atoms with Crippen molar-refractivity contribution < 1.29 is 4.39 Å². The molecule has 106 valence electrons. The lowest BCUT2D eigenvalue weighted by Gasteiger charge is -2.38. The van der Waals surface area contributed by atoms with Crippen LogP contribution in [0.3, 0.4) is 0 Å². The SMILES string of the molecule is Cc1ccc(F)cc1NC1CC(C)CCC1C(C)C. The van der Waals surface area contributed by atoms with E-state index in [1.165, 1.54) is 25.3 Å². The third-order valence-electron chi connectivity index (χ3n) is 4.56. The second-order valence-corrected chi connectivity index (χ2v) is 6.54. The van der Waals surface area contributed by atoms with Crippen molar-refractivity contribution in [3.05, 3.63) is 29.6 Å². The van der Waals surface area contributed by atoms with Crippen LogP contribution in [-0.4, -0.2) is 6.04 Å². The lowest BCUT2D eigenvalue weighted by Crippen LogP contribution is -2.38. The molecule has 2 heteroatoms. The predicted octanol–water partition coefficient (Wildman–Crippen LogP) is 5.01. The largest absolute Gasteiger partial charge is 0.382 e. The van der Waals surface area contributed by atoms with Crippen LogP contribution in [0.15, 0.2) is 18.2 Å². The van der Waals surface area contributed by atoms with Gasteiger partial charge in [-0.25, -0.2) is 4.39 Å². The topological polar surface area (TPSA) is 12.0 Å². The molecule has 0 heterocycles. The minimum absolute atomic E-state index is 0.155. The number of nitrogens with one attached hydrogen (secondary N) is 1. The first-order chi connectivity index (χ1) is 8.97. The van der Waals surface area contributed by atoms with Crippen LogP contribution in [0.2, 0.25) is 0 Å². The zero-order chi connectivity index (χ0) is 14.0. The van der Waals surface area contributed by atoms with E-state index in [1.807, 2.05) is 13.0 Å². The zero-order valence-corrected chi connectivity index (χ0v) is 12.5. The lowest BCUT2D eigenvalue weighted by atomic mass is 9.74. The molecule has 0 aliphatic heterocycles. The number of halogens is 1. The first-order valence-electron chi connectivity index (χ1n) is 7.50. The molecule has 1 N–H and O–H groups in total. The number of hydrogen-bond acceptors (Lipinski definition) is 1. The summed E-state index contributed by atoms with van der Waals surface area (Å²) in [4.78, 5) is 0. The normalized spacial score (nSPS) is 27.6. The van der Waals surface area contributed by atoms with E-state index in [4.69, 9.17) is 0 Å². The maximum Gasteiger partial charge on any atom is 0.125 e. The molecule has 1 aromatic carbocycles.